The molecule has 4 bridgehead atoms. The van der Waals surface area contributed by atoms with Gasteiger partial charge in [0, 0.05) is 12.8 Å². The third-order valence-electron chi connectivity index (χ3n) is 10.1. The zero-order valence-electron chi connectivity index (χ0n) is 18.2. The van der Waals surface area contributed by atoms with E-state index in [1.54, 1.807) is 0 Å². The van der Waals surface area contributed by atoms with E-state index in [9.17, 15) is 4.79 Å². The van der Waals surface area contributed by atoms with Crippen molar-refractivity contribution in [3.05, 3.63) is 0 Å². The molecule has 0 aromatic carbocycles. The Balaban J connectivity index is 1.44. The average Bonchev–Trinajstić information content (AvgIpc) is 2.53. The molecule has 0 aliphatic heterocycles. The Morgan fingerprint density at radius 1 is 0.731 bits per heavy atom. The van der Waals surface area contributed by atoms with Crippen LogP contribution in [-0.4, -0.2) is 5.78 Å². The summed E-state index contributed by atoms with van der Waals surface area (Å²) in [5.74, 6) is 6.76. The molecule has 0 spiro atoms. The highest BCUT2D eigenvalue weighted by Crippen LogP contribution is 2.60. The highest BCUT2D eigenvalue weighted by atomic mass is 16.1. The third-order valence-corrected chi connectivity index (χ3v) is 10.1. The van der Waals surface area contributed by atoms with E-state index in [1.165, 1.54) is 38.5 Å². The second kappa shape index (κ2) is 6.35. The Morgan fingerprint density at radius 3 is 1.46 bits per heavy atom. The van der Waals surface area contributed by atoms with Crippen molar-refractivity contribution in [1.29, 1.82) is 0 Å². The number of carbonyl (C=O) groups is 1. The lowest BCUT2D eigenvalue weighted by Crippen LogP contribution is -2.50. The van der Waals surface area contributed by atoms with Gasteiger partial charge in [0.2, 0.25) is 0 Å². The maximum absolute atomic E-state index is 13.2. The second-order valence-electron chi connectivity index (χ2n) is 12.3. The summed E-state index contributed by atoms with van der Waals surface area (Å²) in [6, 6.07) is 0. The lowest BCUT2D eigenvalue weighted by atomic mass is 9.48. The van der Waals surface area contributed by atoms with Crippen LogP contribution >= 0.6 is 0 Å². The van der Waals surface area contributed by atoms with E-state index in [-0.39, 0.29) is 0 Å². The minimum absolute atomic E-state index is 0.458. The van der Waals surface area contributed by atoms with Crippen molar-refractivity contribution in [3.8, 4) is 0 Å². The summed E-state index contributed by atoms with van der Waals surface area (Å²) < 4.78 is 0. The number of hydrogen-bond donors (Lipinski definition) is 0. The molecule has 1 nitrogen and oxygen atoms in total. The fourth-order valence-electron chi connectivity index (χ4n) is 8.61. The van der Waals surface area contributed by atoms with Crippen molar-refractivity contribution in [2.75, 3.05) is 0 Å². The van der Waals surface area contributed by atoms with E-state index in [0.29, 0.717) is 28.4 Å². The Labute approximate surface area is 162 Å². The molecular formula is C25H42O. The van der Waals surface area contributed by atoms with Gasteiger partial charge in [-0.3, -0.25) is 4.79 Å². The first-order chi connectivity index (χ1) is 12.1. The Bertz CT molecular complexity index is 511. The van der Waals surface area contributed by atoms with Crippen LogP contribution in [0.3, 0.4) is 0 Å². The molecule has 0 N–H and O–H groups in total. The van der Waals surface area contributed by atoms with Crippen LogP contribution in [0.5, 0.6) is 0 Å². The molecule has 6 rings (SSSR count). The van der Waals surface area contributed by atoms with E-state index in [2.05, 4.69) is 41.5 Å². The molecule has 6 fully saturated rings. The summed E-state index contributed by atoms with van der Waals surface area (Å²) in [4.78, 5) is 13.2. The molecular weight excluding hydrogens is 316 g/mol. The van der Waals surface area contributed by atoms with Gasteiger partial charge in [0.1, 0.15) is 5.78 Å². The van der Waals surface area contributed by atoms with Crippen molar-refractivity contribution in [2.45, 2.75) is 92.9 Å². The van der Waals surface area contributed by atoms with Gasteiger partial charge in [-0.2, -0.15) is 0 Å². The van der Waals surface area contributed by atoms with Crippen LogP contribution in [0, 0.1) is 58.2 Å². The van der Waals surface area contributed by atoms with Gasteiger partial charge in [-0.1, -0.05) is 41.5 Å². The first kappa shape index (κ1) is 19.0. The van der Waals surface area contributed by atoms with Crippen molar-refractivity contribution < 1.29 is 4.79 Å². The second-order valence-corrected chi connectivity index (χ2v) is 12.3. The van der Waals surface area contributed by atoms with Crippen molar-refractivity contribution in [3.63, 3.8) is 0 Å². The van der Waals surface area contributed by atoms with E-state index < -0.39 is 0 Å². The van der Waals surface area contributed by atoms with Gasteiger partial charge in [0.05, 0.1) is 0 Å². The Morgan fingerprint density at radius 2 is 1.12 bits per heavy atom. The minimum atomic E-state index is 0.458. The zero-order chi connectivity index (χ0) is 18.9. The molecule has 0 amide bonds. The van der Waals surface area contributed by atoms with Crippen molar-refractivity contribution in [1.82, 2.24) is 0 Å². The lowest BCUT2D eigenvalue weighted by molar-refractivity contribution is -0.132. The Kier molecular flexibility index (Phi) is 4.64. The van der Waals surface area contributed by atoms with Gasteiger partial charge in [-0.05, 0) is 96.7 Å². The zero-order valence-corrected chi connectivity index (χ0v) is 18.2. The maximum Gasteiger partial charge on any atom is 0.133 e. The normalized spacial score (nSPS) is 48.5. The molecule has 0 saturated heterocycles. The van der Waals surface area contributed by atoms with Crippen LogP contribution in [0.15, 0.2) is 0 Å². The third kappa shape index (κ3) is 3.00. The van der Waals surface area contributed by atoms with Gasteiger partial charge >= 0.3 is 0 Å². The van der Waals surface area contributed by atoms with Gasteiger partial charge in [-0.25, -0.2) is 0 Å². The summed E-state index contributed by atoms with van der Waals surface area (Å²) in [5.41, 5.74) is 0.916. The highest BCUT2D eigenvalue weighted by molar-refractivity contribution is 5.79. The van der Waals surface area contributed by atoms with Crippen LogP contribution in [0.4, 0.5) is 0 Å². The first-order valence-electron chi connectivity index (χ1n) is 11.6. The van der Waals surface area contributed by atoms with Gasteiger partial charge in [0.15, 0.2) is 0 Å². The largest absolute Gasteiger partial charge is 0.300 e. The minimum Gasteiger partial charge on any atom is -0.300 e. The van der Waals surface area contributed by atoms with E-state index in [1.807, 2.05) is 0 Å². The molecule has 1 heteroatoms. The van der Waals surface area contributed by atoms with Gasteiger partial charge in [-0.15, -0.1) is 0 Å². The van der Waals surface area contributed by atoms with Crippen LogP contribution < -0.4 is 0 Å². The molecule has 0 aromatic heterocycles. The van der Waals surface area contributed by atoms with E-state index in [0.717, 1.165) is 48.3 Å². The van der Waals surface area contributed by atoms with Crippen molar-refractivity contribution >= 4 is 5.78 Å². The number of ketones is 1. The lowest BCUT2D eigenvalue weighted by Gasteiger charge is -2.57. The fourth-order valence-corrected chi connectivity index (χ4v) is 8.61. The molecule has 26 heavy (non-hydrogen) atoms. The molecule has 6 saturated carbocycles. The van der Waals surface area contributed by atoms with Crippen LogP contribution in [-0.2, 0) is 4.79 Å². The molecule has 8 atom stereocenters. The summed E-state index contributed by atoms with van der Waals surface area (Å²) in [7, 11) is 0. The standard InChI is InChI=1S/C25H42O/c1-15-17-7-9-22(24(3,4)13-17)20(15)11-19(26)12-21-16(2)18-8-10-23(21)25(5,6)14-18/h15-18,20-23H,7-14H2,1-6H3. The van der Waals surface area contributed by atoms with E-state index in [4.69, 9.17) is 0 Å². The number of fused-ring (bicyclic) bond motifs is 6. The summed E-state index contributed by atoms with van der Waals surface area (Å²) in [6.45, 7) is 14.8. The summed E-state index contributed by atoms with van der Waals surface area (Å²) in [5, 5.41) is 0. The molecule has 148 valence electrons. The number of hydrogen-bond acceptors (Lipinski definition) is 1. The average molecular weight is 359 g/mol. The van der Waals surface area contributed by atoms with E-state index >= 15 is 0 Å². The number of rotatable bonds is 4. The monoisotopic (exact) mass is 358 g/mol. The number of Topliss-reactive ketones (excluding diaryl/α,β-unsaturated/α-hetero) is 1. The smallest absolute Gasteiger partial charge is 0.133 e. The summed E-state index contributed by atoms with van der Waals surface area (Å²) in [6.07, 6.45) is 10.1. The molecule has 0 radical (unpaired) electrons. The molecule has 8 unspecified atom stereocenters. The topological polar surface area (TPSA) is 17.1 Å². The fraction of sp³-hybridized carbons (Fsp3) is 0.960. The Hall–Kier alpha value is -0.330. The first-order valence-corrected chi connectivity index (χ1v) is 11.6. The SMILES string of the molecule is CC1C2CCC(C1CC(=O)CC1C(C)C3CCC1C(C)(C)C3)C(C)(C)C2. The predicted octanol–water partition coefficient (Wildman–Crippen LogP) is 6.75. The quantitative estimate of drug-likeness (QED) is 0.543. The molecule has 0 aromatic rings. The van der Waals surface area contributed by atoms with Gasteiger partial charge in [0.25, 0.3) is 0 Å². The molecule has 0 heterocycles. The molecule has 6 aliphatic carbocycles. The maximum atomic E-state index is 13.2. The molecule has 6 aliphatic rings. The summed E-state index contributed by atoms with van der Waals surface area (Å²) >= 11 is 0. The highest BCUT2D eigenvalue weighted by Gasteiger charge is 2.52. The van der Waals surface area contributed by atoms with Gasteiger partial charge < -0.3 is 0 Å². The van der Waals surface area contributed by atoms with Crippen molar-refractivity contribution in [2.24, 2.45) is 58.2 Å². The predicted molar refractivity (Wildman–Crippen MR) is 109 cm³/mol. The van der Waals surface area contributed by atoms with Crippen LogP contribution in [0.1, 0.15) is 92.9 Å². The number of carbonyl (C=O) groups excluding carboxylic acids is 1. The van der Waals surface area contributed by atoms with Crippen LogP contribution in [0.25, 0.3) is 0 Å². The van der Waals surface area contributed by atoms with Crippen LogP contribution in [0.2, 0.25) is 0 Å².